The van der Waals surface area contributed by atoms with Gasteiger partial charge in [-0.2, -0.15) is 0 Å². The molecular weight excluding hydrogens is 184 g/mol. The Morgan fingerprint density at radius 3 is 2.36 bits per heavy atom. The summed E-state index contributed by atoms with van der Waals surface area (Å²) in [6.45, 7) is 3.62. The molecule has 14 heavy (non-hydrogen) atoms. The Hall–Kier alpha value is -0.610. The van der Waals surface area contributed by atoms with Crippen molar-refractivity contribution in [2.45, 2.75) is 33.1 Å². The van der Waals surface area contributed by atoms with Crippen molar-refractivity contribution in [1.29, 1.82) is 0 Å². The zero-order valence-corrected chi connectivity index (χ0v) is 8.95. The van der Waals surface area contributed by atoms with Crippen LogP contribution in [0.15, 0.2) is 0 Å². The van der Waals surface area contributed by atoms with Crippen LogP contribution in [0.2, 0.25) is 0 Å². The summed E-state index contributed by atoms with van der Waals surface area (Å²) in [6.07, 6.45) is 2.35. The maximum atomic E-state index is 11.3. The number of ether oxygens (including phenoxy) is 1. The lowest BCUT2D eigenvalue weighted by Crippen LogP contribution is -2.30. The summed E-state index contributed by atoms with van der Waals surface area (Å²) in [7, 11) is 0. The zero-order chi connectivity index (χ0) is 11.0. The number of rotatable bonds is 7. The molecule has 0 bridgehead atoms. The predicted octanol–water partition coefficient (Wildman–Crippen LogP) is 0.711. The maximum absolute atomic E-state index is 11.3. The van der Waals surface area contributed by atoms with Gasteiger partial charge in [0.05, 0.1) is 18.6 Å². The largest absolute Gasteiger partial charge is 0.465 e. The lowest BCUT2D eigenvalue weighted by molar-refractivity contribution is -0.156. The van der Waals surface area contributed by atoms with Crippen molar-refractivity contribution in [3.8, 4) is 0 Å². The average molecular weight is 204 g/mol. The van der Waals surface area contributed by atoms with Crippen LogP contribution in [-0.2, 0) is 9.53 Å². The monoisotopic (exact) mass is 204 g/mol. The van der Waals surface area contributed by atoms with Gasteiger partial charge < -0.3 is 14.9 Å². The summed E-state index contributed by atoms with van der Waals surface area (Å²) in [6, 6.07) is 0. The van der Waals surface area contributed by atoms with Crippen molar-refractivity contribution in [3.63, 3.8) is 0 Å². The molecule has 0 fully saturated rings. The first kappa shape index (κ1) is 13.4. The highest BCUT2D eigenvalue weighted by Gasteiger charge is 2.28. The topological polar surface area (TPSA) is 66.8 Å². The number of aliphatic hydroxyl groups excluding tert-OH is 2. The molecule has 84 valence electrons. The lowest BCUT2D eigenvalue weighted by atomic mass is 9.95. The highest BCUT2D eigenvalue weighted by atomic mass is 16.5. The number of hydrogen-bond donors (Lipinski definition) is 2. The van der Waals surface area contributed by atoms with E-state index in [1.807, 2.05) is 0 Å². The van der Waals surface area contributed by atoms with Crippen molar-refractivity contribution in [1.82, 2.24) is 0 Å². The second-order valence-electron chi connectivity index (χ2n) is 3.96. The number of hydrogen-bond acceptors (Lipinski definition) is 4. The summed E-state index contributed by atoms with van der Waals surface area (Å²) in [5, 5.41) is 17.4. The van der Waals surface area contributed by atoms with Gasteiger partial charge in [-0.05, 0) is 33.1 Å². The van der Waals surface area contributed by atoms with Crippen molar-refractivity contribution in [2.75, 3.05) is 19.8 Å². The van der Waals surface area contributed by atoms with Gasteiger partial charge in [-0.1, -0.05) is 0 Å². The quantitative estimate of drug-likeness (QED) is 0.473. The molecule has 0 aliphatic carbocycles. The number of esters is 1. The molecule has 0 unspecified atom stereocenters. The fourth-order valence-electron chi connectivity index (χ4n) is 0.815. The van der Waals surface area contributed by atoms with Crippen LogP contribution in [0.5, 0.6) is 0 Å². The molecule has 0 aromatic heterocycles. The first-order valence-corrected chi connectivity index (χ1v) is 4.93. The Kier molecular flexibility index (Phi) is 6.49. The SMILES string of the molecule is CC(C)(CO)C(=O)OCCCCCO. The fourth-order valence-corrected chi connectivity index (χ4v) is 0.815. The van der Waals surface area contributed by atoms with Crippen LogP contribution in [0.1, 0.15) is 33.1 Å². The van der Waals surface area contributed by atoms with Gasteiger partial charge in [-0.15, -0.1) is 0 Å². The molecule has 4 heteroatoms. The minimum Gasteiger partial charge on any atom is -0.465 e. The van der Waals surface area contributed by atoms with Crippen LogP contribution in [0, 0.1) is 5.41 Å². The standard InChI is InChI=1S/C10H20O4/c1-10(2,8-12)9(13)14-7-5-3-4-6-11/h11-12H,3-8H2,1-2H3. The molecule has 0 aliphatic rings. The molecule has 4 nitrogen and oxygen atoms in total. The molecule has 0 spiro atoms. The third-order valence-electron chi connectivity index (χ3n) is 1.98. The Labute approximate surface area is 84.9 Å². The summed E-state index contributed by atoms with van der Waals surface area (Å²) in [4.78, 5) is 11.3. The van der Waals surface area contributed by atoms with Gasteiger partial charge in [0, 0.05) is 6.61 Å². The van der Waals surface area contributed by atoms with E-state index in [4.69, 9.17) is 14.9 Å². The molecule has 0 radical (unpaired) electrons. The first-order valence-electron chi connectivity index (χ1n) is 4.93. The van der Waals surface area contributed by atoms with Crippen LogP contribution in [0.4, 0.5) is 0 Å². The highest BCUT2D eigenvalue weighted by Crippen LogP contribution is 2.15. The second-order valence-corrected chi connectivity index (χ2v) is 3.96. The number of unbranched alkanes of at least 4 members (excludes halogenated alkanes) is 2. The van der Waals surface area contributed by atoms with E-state index in [2.05, 4.69) is 0 Å². The van der Waals surface area contributed by atoms with E-state index in [0.717, 1.165) is 19.3 Å². The summed E-state index contributed by atoms with van der Waals surface area (Å²) in [5.41, 5.74) is -0.809. The molecule has 0 rings (SSSR count). The molecular formula is C10H20O4. The number of aliphatic hydroxyl groups is 2. The second kappa shape index (κ2) is 6.79. The molecule has 0 aromatic rings. The smallest absolute Gasteiger partial charge is 0.313 e. The molecule has 0 aromatic carbocycles. The number of carbonyl (C=O) groups is 1. The maximum Gasteiger partial charge on any atom is 0.313 e. The Bertz CT molecular complexity index is 166. The Morgan fingerprint density at radius 1 is 1.21 bits per heavy atom. The fraction of sp³-hybridized carbons (Fsp3) is 0.900. The van der Waals surface area contributed by atoms with Crippen LogP contribution in [0.25, 0.3) is 0 Å². The minimum atomic E-state index is -0.809. The van der Waals surface area contributed by atoms with E-state index in [1.165, 1.54) is 0 Å². The predicted molar refractivity (Wildman–Crippen MR) is 52.8 cm³/mol. The van der Waals surface area contributed by atoms with E-state index in [-0.39, 0.29) is 19.2 Å². The van der Waals surface area contributed by atoms with E-state index in [1.54, 1.807) is 13.8 Å². The molecule has 2 N–H and O–H groups in total. The zero-order valence-electron chi connectivity index (χ0n) is 8.95. The summed E-state index contributed by atoms with van der Waals surface area (Å²) in [5.74, 6) is -0.371. The van der Waals surface area contributed by atoms with Crippen molar-refractivity contribution in [2.24, 2.45) is 5.41 Å². The van der Waals surface area contributed by atoms with E-state index in [0.29, 0.717) is 6.61 Å². The molecule has 0 atom stereocenters. The van der Waals surface area contributed by atoms with E-state index >= 15 is 0 Å². The van der Waals surface area contributed by atoms with Crippen molar-refractivity contribution >= 4 is 5.97 Å². The van der Waals surface area contributed by atoms with Gasteiger partial charge in [-0.3, -0.25) is 4.79 Å². The van der Waals surface area contributed by atoms with Gasteiger partial charge in [-0.25, -0.2) is 0 Å². The molecule has 0 saturated heterocycles. The summed E-state index contributed by atoms with van der Waals surface area (Å²) < 4.78 is 4.96. The van der Waals surface area contributed by atoms with Crippen LogP contribution < -0.4 is 0 Å². The minimum absolute atomic E-state index is 0.177. The summed E-state index contributed by atoms with van der Waals surface area (Å²) >= 11 is 0. The van der Waals surface area contributed by atoms with Gasteiger partial charge in [0.15, 0.2) is 0 Å². The van der Waals surface area contributed by atoms with Crippen LogP contribution >= 0.6 is 0 Å². The normalized spacial score (nSPS) is 11.4. The van der Waals surface area contributed by atoms with Crippen molar-refractivity contribution in [3.05, 3.63) is 0 Å². The van der Waals surface area contributed by atoms with E-state index in [9.17, 15) is 4.79 Å². The molecule has 0 amide bonds. The van der Waals surface area contributed by atoms with Crippen LogP contribution in [-0.4, -0.2) is 36.0 Å². The van der Waals surface area contributed by atoms with Crippen LogP contribution in [0.3, 0.4) is 0 Å². The molecule has 0 heterocycles. The molecule has 0 aliphatic heterocycles. The highest BCUT2D eigenvalue weighted by molar-refractivity contribution is 5.75. The van der Waals surface area contributed by atoms with Gasteiger partial charge in [0.1, 0.15) is 0 Å². The molecule has 0 saturated carbocycles. The first-order chi connectivity index (χ1) is 6.54. The average Bonchev–Trinajstić information content (AvgIpc) is 2.17. The van der Waals surface area contributed by atoms with Gasteiger partial charge in [0.2, 0.25) is 0 Å². The Balaban J connectivity index is 3.54. The number of carbonyl (C=O) groups excluding carboxylic acids is 1. The van der Waals surface area contributed by atoms with Gasteiger partial charge in [0.25, 0.3) is 0 Å². The third-order valence-corrected chi connectivity index (χ3v) is 1.98. The van der Waals surface area contributed by atoms with E-state index < -0.39 is 5.41 Å². The Morgan fingerprint density at radius 2 is 1.86 bits per heavy atom. The van der Waals surface area contributed by atoms with Crippen molar-refractivity contribution < 1.29 is 19.7 Å². The van der Waals surface area contributed by atoms with Gasteiger partial charge >= 0.3 is 5.97 Å². The lowest BCUT2D eigenvalue weighted by Gasteiger charge is -2.19. The third kappa shape index (κ3) is 5.19.